The number of nitrogens with zero attached hydrogens (tertiary/aromatic N) is 4. The number of aromatic nitrogens is 2. The molecule has 2 heterocycles. The minimum atomic E-state index is 0.0371. The summed E-state index contributed by atoms with van der Waals surface area (Å²) in [6.07, 6.45) is 3.01. The monoisotopic (exact) mass is 303 g/mol. The molecule has 2 N–H and O–H groups in total. The quantitative estimate of drug-likeness (QED) is 0.877. The Morgan fingerprint density at radius 2 is 1.91 bits per heavy atom. The Kier molecular flexibility index (Phi) is 4.29. The number of piperazine rings is 1. The van der Waals surface area contributed by atoms with E-state index in [0.717, 1.165) is 62.8 Å². The van der Waals surface area contributed by atoms with Crippen LogP contribution in [0.1, 0.15) is 30.8 Å². The van der Waals surface area contributed by atoms with Gasteiger partial charge in [0.05, 0.1) is 5.92 Å². The van der Waals surface area contributed by atoms with Crippen LogP contribution in [0.15, 0.2) is 6.07 Å². The highest BCUT2D eigenvalue weighted by molar-refractivity contribution is 5.80. The van der Waals surface area contributed by atoms with Crippen molar-refractivity contribution in [1.82, 2.24) is 14.9 Å². The minimum Gasteiger partial charge on any atom is -0.353 e. The van der Waals surface area contributed by atoms with E-state index in [1.54, 1.807) is 0 Å². The first kappa shape index (κ1) is 15.2. The van der Waals surface area contributed by atoms with Gasteiger partial charge < -0.3 is 15.5 Å². The van der Waals surface area contributed by atoms with Crippen molar-refractivity contribution in [3.05, 3.63) is 17.6 Å². The molecular formula is C16H25N5O. The third-order valence-corrected chi connectivity index (χ3v) is 4.75. The first-order chi connectivity index (χ1) is 10.5. The summed E-state index contributed by atoms with van der Waals surface area (Å²) in [7, 11) is 0. The second-order valence-corrected chi connectivity index (χ2v) is 6.43. The van der Waals surface area contributed by atoms with Gasteiger partial charge in [0.25, 0.3) is 0 Å². The zero-order valence-corrected chi connectivity index (χ0v) is 13.5. The number of anilines is 1. The lowest BCUT2D eigenvalue weighted by Gasteiger charge is -2.37. The summed E-state index contributed by atoms with van der Waals surface area (Å²) >= 11 is 0. The average molecular weight is 303 g/mol. The van der Waals surface area contributed by atoms with Crippen LogP contribution < -0.4 is 10.6 Å². The van der Waals surface area contributed by atoms with E-state index in [2.05, 4.69) is 14.9 Å². The molecule has 1 aliphatic heterocycles. The van der Waals surface area contributed by atoms with E-state index in [4.69, 9.17) is 5.73 Å². The van der Waals surface area contributed by atoms with Crippen LogP contribution in [0, 0.1) is 19.8 Å². The van der Waals surface area contributed by atoms with Gasteiger partial charge in [-0.3, -0.25) is 4.79 Å². The summed E-state index contributed by atoms with van der Waals surface area (Å²) in [4.78, 5) is 25.6. The molecule has 120 valence electrons. The molecule has 6 heteroatoms. The third-order valence-electron chi connectivity index (χ3n) is 4.75. The zero-order valence-electron chi connectivity index (χ0n) is 13.5. The maximum atomic E-state index is 12.6. The van der Waals surface area contributed by atoms with E-state index < -0.39 is 0 Å². The molecule has 0 bridgehead atoms. The van der Waals surface area contributed by atoms with Crippen LogP contribution in [0.2, 0.25) is 0 Å². The lowest BCUT2D eigenvalue weighted by atomic mass is 10.0. The van der Waals surface area contributed by atoms with E-state index in [1.165, 1.54) is 0 Å². The maximum absolute atomic E-state index is 12.6. The molecule has 2 fully saturated rings. The normalized spacial score (nSPS) is 25.6. The van der Waals surface area contributed by atoms with Gasteiger partial charge in [0, 0.05) is 44.0 Å². The Balaban J connectivity index is 1.61. The molecule has 1 saturated carbocycles. The minimum absolute atomic E-state index is 0.0371. The molecule has 3 rings (SSSR count). The number of aryl methyl sites for hydroxylation is 2. The predicted octanol–water partition coefficient (Wildman–Crippen LogP) is 0.869. The summed E-state index contributed by atoms with van der Waals surface area (Å²) in [5.74, 6) is 2.05. The number of hydrogen-bond acceptors (Lipinski definition) is 5. The Morgan fingerprint density at radius 1 is 1.18 bits per heavy atom. The van der Waals surface area contributed by atoms with E-state index in [0.29, 0.717) is 0 Å². The Hall–Kier alpha value is -1.69. The molecule has 1 aromatic heterocycles. The molecule has 2 aliphatic rings. The van der Waals surface area contributed by atoms with Crippen LogP contribution in [0.3, 0.4) is 0 Å². The van der Waals surface area contributed by atoms with E-state index in [9.17, 15) is 4.79 Å². The second-order valence-electron chi connectivity index (χ2n) is 6.43. The fraction of sp³-hybridized carbons (Fsp3) is 0.688. The van der Waals surface area contributed by atoms with Crippen molar-refractivity contribution in [2.75, 3.05) is 31.1 Å². The van der Waals surface area contributed by atoms with Crippen LogP contribution in [-0.4, -0.2) is 53.0 Å². The zero-order chi connectivity index (χ0) is 15.7. The summed E-state index contributed by atoms with van der Waals surface area (Å²) in [5, 5.41) is 0. The largest absolute Gasteiger partial charge is 0.353 e. The average Bonchev–Trinajstić information content (AvgIpc) is 2.92. The summed E-state index contributed by atoms with van der Waals surface area (Å²) in [5.41, 5.74) is 7.05. The molecule has 0 spiro atoms. The van der Waals surface area contributed by atoms with Gasteiger partial charge >= 0.3 is 0 Å². The maximum Gasteiger partial charge on any atom is 0.227 e. The van der Waals surface area contributed by atoms with E-state index in [1.807, 2.05) is 24.8 Å². The fourth-order valence-electron chi connectivity index (χ4n) is 3.55. The number of carbonyl (C=O) groups is 1. The molecule has 0 unspecified atom stereocenters. The number of nitrogens with two attached hydrogens (primary N) is 1. The van der Waals surface area contributed by atoms with Crippen LogP contribution in [0.4, 0.5) is 5.82 Å². The predicted molar refractivity (Wildman–Crippen MR) is 85.6 cm³/mol. The molecule has 1 saturated heterocycles. The van der Waals surface area contributed by atoms with Crippen molar-refractivity contribution in [2.24, 2.45) is 11.7 Å². The topological polar surface area (TPSA) is 75.3 Å². The number of carbonyl (C=O) groups excluding carboxylic acids is 1. The number of rotatable bonds is 2. The highest BCUT2D eigenvalue weighted by atomic mass is 16.2. The summed E-state index contributed by atoms with van der Waals surface area (Å²) < 4.78 is 0. The van der Waals surface area contributed by atoms with Gasteiger partial charge in [-0.1, -0.05) is 6.42 Å². The molecule has 1 aliphatic carbocycles. The van der Waals surface area contributed by atoms with Crippen LogP contribution in [-0.2, 0) is 4.79 Å². The van der Waals surface area contributed by atoms with Gasteiger partial charge in [0.15, 0.2) is 0 Å². The summed E-state index contributed by atoms with van der Waals surface area (Å²) in [6, 6.07) is 2.06. The Labute approximate surface area is 131 Å². The highest BCUT2D eigenvalue weighted by Gasteiger charge is 2.34. The smallest absolute Gasteiger partial charge is 0.227 e. The van der Waals surface area contributed by atoms with Crippen molar-refractivity contribution < 1.29 is 4.79 Å². The Bertz CT molecular complexity index is 533. The second kappa shape index (κ2) is 6.20. The summed E-state index contributed by atoms with van der Waals surface area (Å²) in [6.45, 7) is 7.05. The fourth-order valence-corrected chi connectivity index (χ4v) is 3.55. The molecule has 2 atom stereocenters. The molecule has 22 heavy (non-hydrogen) atoms. The van der Waals surface area contributed by atoms with E-state index in [-0.39, 0.29) is 17.9 Å². The van der Waals surface area contributed by atoms with Crippen molar-refractivity contribution >= 4 is 11.7 Å². The Morgan fingerprint density at radius 3 is 2.50 bits per heavy atom. The third kappa shape index (κ3) is 3.06. The van der Waals surface area contributed by atoms with Crippen molar-refractivity contribution in [2.45, 2.75) is 39.2 Å². The molecule has 1 amide bonds. The van der Waals surface area contributed by atoms with Crippen LogP contribution in [0.25, 0.3) is 0 Å². The van der Waals surface area contributed by atoms with Gasteiger partial charge in [-0.25, -0.2) is 9.97 Å². The van der Waals surface area contributed by atoms with Crippen molar-refractivity contribution in [1.29, 1.82) is 0 Å². The lowest BCUT2D eigenvalue weighted by Crippen LogP contribution is -2.52. The number of amides is 1. The molecule has 6 nitrogen and oxygen atoms in total. The van der Waals surface area contributed by atoms with Crippen molar-refractivity contribution in [3.8, 4) is 0 Å². The molecule has 0 aromatic carbocycles. The first-order valence-electron chi connectivity index (χ1n) is 8.16. The van der Waals surface area contributed by atoms with Gasteiger partial charge in [-0.2, -0.15) is 0 Å². The van der Waals surface area contributed by atoms with Crippen LogP contribution in [0.5, 0.6) is 0 Å². The molecular weight excluding hydrogens is 278 g/mol. The van der Waals surface area contributed by atoms with E-state index >= 15 is 0 Å². The standard InChI is InChI=1S/C16H25N5O/c1-11-10-15(19-12(2)18-11)20-6-8-21(9-7-20)16(22)13-4-3-5-14(13)17/h10,13-14H,3-9,17H2,1-2H3/t13-,14+/m0/s1. The highest BCUT2D eigenvalue weighted by Crippen LogP contribution is 2.26. The number of hydrogen-bond donors (Lipinski definition) is 1. The van der Waals surface area contributed by atoms with Gasteiger partial charge in [0.1, 0.15) is 11.6 Å². The van der Waals surface area contributed by atoms with Crippen LogP contribution >= 0.6 is 0 Å². The lowest BCUT2D eigenvalue weighted by molar-refractivity contribution is -0.136. The molecule has 1 aromatic rings. The van der Waals surface area contributed by atoms with Crippen molar-refractivity contribution in [3.63, 3.8) is 0 Å². The van der Waals surface area contributed by atoms with Gasteiger partial charge in [0.2, 0.25) is 5.91 Å². The van der Waals surface area contributed by atoms with Gasteiger partial charge in [-0.05, 0) is 26.7 Å². The first-order valence-corrected chi connectivity index (χ1v) is 8.16. The SMILES string of the molecule is Cc1cc(N2CCN(C(=O)[C@H]3CCC[C@H]3N)CC2)nc(C)n1. The molecule has 0 radical (unpaired) electrons. The van der Waals surface area contributed by atoms with Gasteiger partial charge in [-0.15, -0.1) is 0 Å².